The molecule has 0 bridgehead atoms. The zero-order valence-corrected chi connectivity index (χ0v) is 16.1. The van der Waals surface area contributed by atoms with Crippen molar-refractivity contribution in [2.75, 3.05) is 5.32 Å². The standard InChI is InChI=1S/C20H17N3O4S/c1-12-5-6-15(22-20(25)17-4-3-7-28-17)16(8-12)26-11-14-10-19(24)23-18(21-14)9-13(2)27-23/h3-10H,11H2,1-2H3,(H,22,25). The average Bonchev–Trinajstić information content (AvgIpc) is 3.31. The van der Waals surface area contributed by atoms with E-state index in [0.717, 1.165) is 10.1 Å². The number of hydrogen-bond acceptors (Lipinski definition) is 6. The smallest absolute Gasteiger partial charge is 0.287 e. The van der Waals surface area contributed by atoms with Crippen molar-refractivity contribution < 1.29 is 14.1 Å². The van der Waals surface area contributed by atoms with Gasteiger partial charge in [-0.25, -0.2) is 4.98 Å². The number of rotatable bonds is 5. The summed E-state index contributed by atoms with van der Waals surface area (Å²) in [6.45, 7) is 3.77. The molecular formula is C20H17N3O4S. The second kappa shape index (κ2) is 7.32. The van der Waals surface area contributed by atoms with Crippen molar-refractivity contribution in [3.05, 3.63) is 80.1 Å². The minimum Gasteiger partial charge on any atom is -0.485 e. The molecule has 3 heterocycles. The summed E-state index contributed by atoms with van der Waals surface area (Å²) in [5.41, 5.74) is 2.13. The topological polar surface area (TPSA) is 85.8 Å². The molecule has 0 unspecified atom stereocenters. The number of nitrogens with one attached hydrogen (secondary N) is 1. The van der Waals surface area contributed by atoms with Crippen LogP contribution in [-0.4, -0.2) is 15.5 Å². The molecule has 1 aromatic carbocycles. The first kappa shape index (κ1) is 18.0. The zero-order valence-electron chi connectivity index (χ0n) is 15.3. The Morgan fingerprint density at radius 2 is 2.11 bits per heavy atom. The van der Waals surface area contributed by atoms with Crippen LogP contribution < -0.4 is 15.6 Å². The number of carbonyl (C=O) groups excluding carboxylic acids is 1. The molecule has 0 aliphatic rings. The van der Waals surface area contributed by atoms with E-state index in [9.17, 15) is 9.59 Å². The van der Waals surface area contributed by atoms with Gasteiger partial charge < -0.3 is 14.6 Å². The minimum absolute atomic E-state index is 0.0846. The lowest BCUT2D eigenvalue weighted by Gasteiger charge is -2.13. The molecule has 3 aromatic heterocycles. The van der Waals surface area contributed by atoms with E-state index in [-0.39, 0.29) is 18.1 Å². The molecule has 0 saturated carbocycles. The highest BCUT2D eigenvalue weighted by molar-refractivity contribution is 7.12. The highest BCUT2D eigenvalue weighted by Crippen LogP contribution is 2.27. The number of benzene rings is 1. The Morgan fingerprint density at radius 3 is 2.89 bits per heavy atom. The molecule has 0 saturated heterocycles. The number of amides is 1. The van der Waals surface area contributed by atoms with E-state index in [1.54, 1.807) is 25.1 Å². The number of anilines is 1. The van der Waals surface area contributed by atoms with Gasteiger partial charge in [-0.1, -0.05) is 12.1 Å². The van der Waals surface area contributed by atoms with E-state index in [4.69, 9.17) is 9.26 Å². The third-order valence-corrected chi connectivity index (χ3v) is 4.90. The lowest BCUT2D eigenvalue weighted by molar-refractivity contribution is 0.103. The Hall–Kier alpha value is -3.39. The predicted octanol–water partition coefficient (Wildman–Crippen LogP) is 3.80. The number of hydrogen-bond donors (Lipinski definition) is 1. The van der Waals surface area contributed by atoms with E-state index in [2.05, 4.69) is 10.3 Å². The largest absolute Gasteiger partial charge is 0.485 e. The Kier molecular flexibility index (Phi) is 4.70. The maximum atomic E-state index is 12.4. The van der Waals surface area contributed by atoms with Gasteiger partial charge in [-0.3, -0.25) is 9.59 Å². The molecule has 1 N–H and O–H groups in total. The molecule has 0 aliphatic heterocycles. The fourth-order valence-corrected chi connectivity index (χ4v) is 3.36. The Balaban J connectivity index is 1.57. The van der Waals surface area contributed by atoms with E-state index in [1.165, 1.54) is 17.4 Å². The highest BCUT2D eigenvalue weighted by Gasteiger charge is 2.13. The van der Waals surface area contributed by atoms with Crippen LogP contribution in [0.5, 0.6) is 5.75 Å². The summed E-state index contributed by atoms with van der Waals surface area (Å²) < 4.78 is 12.3. The summed E-state index contributed by atoms with van der Waals surface area (Å²) in [5.74, 6) is 0.908. The van der Waals surface area contributed by atoms with Crippen LogP contribution >= 0.6 is 11.3 Å². The number of fused-ring (bicyclic) bond motifs is 1. The van der Waals surface area contributed by atoms with Gasteiger partial charge >= 0.3 is 0 Å². The summed E-state index contributed by atoms with van der Waals surface area (Å²) in [6.07, 6.45) is 0. The van der Waals surface area contributed by atoms with Gasteiger partial charge in [0, 0.05) is 12.1 Å². The van der Waals surface area contributed by atoms with Crippen molar-refractivity contribution >= 4 is 28.6 Å². The molecule has 4 aromatic rings. The average molecular weight is 395 g/mol. The van der Waals surface area contributed by atoms with Crippen LogP contribution in [0.2, 0.25) is 0 Å². The number of nitrogens with zero attached hydrogens (tertiary/aromatic N) is 2. The number of aromatic nitrogens is 2. The number of aryl methyl sites for hydroxylation is 2. The van der Waals surface area contributed by atoms with Crippen molar-refractivity contribution in [1.82, 2.24) is 9.56 Å². The summed E-state index contributed by atoms with van der Waals surface area (Å²) in [5, 5.41) is 4.71. The van der Waals surface area contributed by atoms with Crippen LogP contribution in [0.4, 0.5) is 5.69 Å². The molecule has 0 radical (unpaired) electrons. The van der Waals surface area contributed by atoms with Crippen molar-refractivity contribution in [3.63, 3.8) is 0 Å². The van der Waals surface area contributed by atoms with Crippen LogP contribution in [0, 0.1) is 13.8 Å². The number of ether oxygens (including phenoxy) is 1. The summed E-state index contributed by atoms with van der Waals surface area (Å²) in [6, 6.07) is 12.2. The summed E-state index contributed by atoms with van der Waals surface area (Å²) in [7, 11) is 0. The van der Waals surface area contributed by atoms with Crippen LogP contribution in [0.1, 0.15) is 26.7 Å². The summed E-state index contributed by atoms with van der Waals surface area (Å²) >= 11 is 1.37. The minimum atomic E-state index is -0.313. The summed E-state index contributed by atoms with van der Waals surface area (Å²) in [4.78, 5) is 29.5. The zero-order chi connectivity index (χ0) is 19.7. The van der Waals surface area contributed by atoms with Gasteiger partial charge in [0.25, 0.3) is 11.5 Å². The van der Waals surface area contributed by atoms with Crippen LogP contribution in [-0.2, 0) is 6.61 Å². The molecule has 8 heteroatoms. The Labute approximate surface area is 164 Å². The van der Waals surface area contributed by atoms with Crippen molar-refractivity contribution in [2.24, 2.45) is 0 Å². The van der Waals surface area contributed by atoms with Gasteiger partial charge in [-0.15, -0.1) is 15.9 Å². The fraction of sp³-hybridized carbons (Fsp3) is 0.150. The first-order chi connectivity index (χ1) is 13.5. The molecule has 142 valence electrons. The first-order valence-corrected chi connectivity index (χ1v) is 9.45. The Morgan fingerprint density at radius 1 is 1.25 bits per heavy atom. The van der Waals surface area contributed by atoms with E-state index in [0.29, 0.717) is 33.4 Å². The van der Waals surface area contributed by atoms with E-state index >= 15 is 0 Å². The third-order valence-electron chi connectivity index (χ3n) is 4.03. The normalized spacial score (nSPS) is 10.9. The SMILES string of the molecule is Cc1ccc(NC(=O)c2cccs2)c(OCc2cc(=O)n3oc(C)cc3n2)c1. The van der Waals surface area contributed by atoms with Crippen molar-refractivity contribution in [2.45, 2.75) is 20.5 Å². The van der Waals surface area contributed by atoms with Crippen LogP contribution in [0.25, 0.3) is 5.65 Å². The van der Waals surface area contributed by atoms with Crippen LogP contribution in [0.3, 0.4) is 0 Å². The van der Waals surface area contributed by atoms with Gasteiger partial charge in [0.1, 0.15) is 18.1 Å². The molecule has 7 nitrogen and oxygen atoms in total. The molecule has 0 spiro atoms. The van der Waals surface area contributed by atoms with Gasteiger partial charge in [-0.2, -0.15) is 0 Å². The monoisotopic (exact) mass is 395 g/mol. The molecule has 0 fully saturated rings. The van der Waals surface area contributed by atoms with E-state index < -0.39 is 0 Å². The number of carbonyl (C=O) groups is 1. The van der Waals surface area contributed by atoms with Crippen LogP contribution in [0.15, 0.2) is 57.2 Å². The lowest BCUT2D eigenvalue weighted by Crippen LogP contribution is -2.15. The van der Waals surface area contributed by atoms with Gasteiger partial charge in [-0.05, 0) is 43.0 Å². The molecule has 0 atom stereocenters. The highest BCUT2D eigenvalue weighted by atomic mass is 32.1. The molecule has 28 heavy (non-hydrogen) atoms. The van der Waals surface area contributed by atoms with Crippen molar-refractivity contribution in [1.29, 1.82) is 0 Å². The number of thiophene rings is 1. The molecule has 4 rings (SSSR count). The van der Waals surface area contributed by atoms with Gasteiger partial charge in [0.2, 0.25) is 0 Å². The van der Waals surface area contributed by atoms with Gasteiger partial charge in [0.05, 0.1) is 16.3 Å². The quantitative estimate of drug-likeness (QED) is 0.556. The fourth-order valence-electron chi connectivity index (χ4n) is 2.74. The second-order valence-corrected chi connectivity index (χ2v) is 7.25. The third kappa shape index (κ3) is 3.67. The maximum Gasteiger partial charge on any atom is 0.287 e. The Bertz CT molecular complexity index is 1210. The molecular weight excluding hydrogens is 378 g/mol. The molecule has 1 amide bonds. The first-order valence-electron chi connectivity index (χ1n) is 8.57. The van der Waals surface area contributed by atoms with E-state index in [1.807, 2.05) is 30.5 Å². The van der Waals surface area contributed by atoms with Gasteiger partial charge in [0.15, 0.2) is 5.65 Å². The predicted molar refractivity (Wildman–Crippen MR) is 106 cm³/mol. The second-order valence-electron chi connectivity index (χ2n) is 6.30. The lowest BCUT2D eigenvalue weighted by atomic mass is 10.2. The maximum absolute atomic E-state index is 12.4. The molecule has 0 aliphatic carbocycles. The van der Waals surface area contributed by atoms with Crippen molar-refractivity contribution in [3.8, 4) is 5.75 Å².